The molecule has 0 aliphatic carbocycles. The lowest BCUT2D eigenvalue weighted by molar-refractivity contribution is 0.0696. The molecular weight excluding hydrogens is 238 g/mol. The minimum atomic E-state index is -0.869. The molecule has 2 aromatic rings. The van der Waals surface area contributed by atoms with E-state index in [9.17, 15) is 9.90 Å². The Morgan fingerprint density at radius 3 is 2.47 bits per heavy atom. The van der Waals surface area contributed by atoms with Gasteiger partial charge in [0.15, 0.2) is 0 Å². The zero-order valence-electron chi connectivity index (χ0n) is 11.8. The smallest absolute Gasteiger partial charge is 0.337 e. The first-order chi connectivity index (χ1) is 8.97. The van der Waals surface area contributed by atoms with E-state index >= 15 is 0 Å². The molecule has 0 amide bonds. The van der Waals surface area contributed by atoms with E-state index in [1.165, 1.54) is 5.56 Å². The van der Waals surface area contributed by atoms with Crippen LogP contribution in [0.15, 0.2) is 24.3 Å². The van der Waals surface area contributed by atoms with Gasteiger partial charge >= 0.3 is 5.97 Å². The highest BCUT2D eigenvalue weighted by atomic mass is 16.4. The molecule has 1 heterocycles. The van der Waals surface area contributed by atoms with Crippen LogP contribution in [-0.2, 0) is 6.42 Å². The Balaban J connectivity index is 2.76. The lowest BCUT2D eigenvalue weighted by Gasteiger charge is -2.16. The Bertz CT molecular complexity index is 638. The molecule has 1 N–H and O–H groups in total. The molecule has 0 spiro atoms. The summed E-state index contributed by atoms with van der Waals surface area (Å²) in [6.07, 6.45) is 0.927. The zero-order valence-corrected chi connectivity index (χ0v) is 11.8. The summed E-state index contributed by atoms with van der Waals surface area (Å²) in [5.74, 6) is -0.869. The van der Waals surface area contributed by atoms with E-state index < -0.39 is 5.97 Å². The second kappa shape index (κ2) is 4.92. The van der Waals surface area contributed by atoms with E-state index in [1.807, 2.05) is 19.9 Å². The van der Waals surface area contributed by atoms with Gasteiger partial charge in [0.2, 0.25) is 0 Å². The molecule has 0 bridgehead atoms. The number of hydrogen-bond acceptors (Lipinski definition) is 1. The number of hydrogen-bond donors (Lipinski definition) is 1. The van der Waals surface area contributed by atoms with Gasteiger partial charge in [-0.05, 0) is 44.4 Å². The summed E-state index contributed by atoms with van der Waals surface area (Å²) in [4.78, 5) is 11.2. The van der Waals surface area contributed by atoms with Crippen LogP contribution in [-0.4, -0.2) is 15.6 Å². The Morgan fingerprint density at radius 1 is 1.26 bits per heavy atom. The number of nitrogens with zero attached hydrogens (tertiary/aromatic N) is 1. The highest BCUT2D eigenvalue weighted by Crippen LogP contribution is 2.26. The minimum absolute atomic E-state index is 0.378. The lowest BCUT2D eigenvalue weighted by atomic mass is 10.1. The first-order valence-corrected chi connectivity index (χ1v) is 6.48. The van der Waals surface area contributed by atoms with E-state index in [2.05, 4.69) is 30.5 Å². The van der Waals surface area contributed by atoms with Crippen LogP contribution in [0.25, 0.3) is 5.69 Å². The Hall–Kier alpha value is -2.03. The molecule has 19 heavy (non-hydrogen) atoms. The van der Waals surface area contributed by atoms with Crippen LogP contribution >= 0.6 is 0 Å². The zero-order chi connectivity index (χ0) is 14.2. The van der Waals surface area contributed by atoms with Crippen molar-refractivity contribution in [2.75, 3.05) is 0 Å². The third kappa shape index (κ3) is 2.16. The van der Waals surface area contributed by atoms with Gasteiger partial charge in [-0.2, -0.15) is 0 Å². The van der Waals surface area contributed by atoms with Gasteiger partial charge in [-0.3, -0.25) is 0 Å². The fraction of sp³-hybridized carbons (Fsp3) is 0.312. The molecule has 0 unspecified atom stereocenters. The van der Waals surface area contributed by atoms with E-state index in [4.69, 9.17) is 0 Å². The molecule has 100 valence electrons. The van der Waals surface area contributed by atoms with Crippen molar-refractivity contribution in [2.24, 2.45) is 0 Å². The number of aryl methyl sites for hydroxylation is 3. The van der Waals surface area contributed by atoms with Crippen LogP contribution in [0.1, 0.15) is 39.8 Å². The van der Waals surface area contributed by atoms with Gasteiger partial charge in [-0.1, -0.05) is 25.1 Å². The maximum Gasteiger partial charge on any atom is 0.337 e. The van der Waals surface area contributed by atoms with Crippen molar-refractivity contribution in [1.29, 1.82) is 0 Å². The largest absolute Gasteiger partial charge is 0.478 e. The molecule has 0 atom stereocenters. The number of aromatic nitrogens is 1. The van der Waals surface area contributed by atoms with E-state index in [1.54, 1.807) is 6.07 Å². The predicted octanol–water partition coefficient (Wildman–Crippen LogP) is 3.66. The molecule has 0 saturated heterocycles. The number of rotatable bonds is 3. The topological polar surface area (TPSA) is 42.2 Å². The molecule has 3 nitrogen and oxygen atoms in total. The van der Waals surface area contributed by atoms with Gasteiger partial charge in [-0.25, -0.2) is 4.79 Å². The van der Waals surface area contributed by atoms with Crippen molar-refractivity contribution >= 4 is 5.97 Å². The highest BCUT2D eigenvalue weighted by Gasteiger charge is 2.18. The summed E-state index contributed by atoms with van der Waals surface area (Å²) < 4.78 is 2.05. The molecule has 0 aliphatic rings. The summed E-state index contributed by atoms with van der Waals surface area (Å²) in [7, 11) is 0. The number of carboxylic acid groups (broad SMARTS) is 1. The van der Waals surface area contributed by atoms with Crippen LogP contribution < -0.4 is 0 Å². The van der Waals surface area contributed by atoms with Crippen LogP contribution in [0.4, 0.5) is 0 Å². The quantitative estimate of drug-likeness (QED) is 0.911. The van der Waals surface area contributed by atoms with Crippen molar-refractivity contribution < 1.29 is 9.90 Å². The number of carbonyl (C=O) groups is 1. The van der Waals surface area contributed by atoms with E-state index in [0.717, 1.165) is 29.1 Å². The van der Waals surface area contributed by atoms with E-state index in [0.29, 0.717) is 5.56 Å². The summed E-state index contributed by atoms with van der Waals surface area (Å²) in [6, 6.07) is 7.95. The van der Waals surface area contributed by atoms with Gasteiger partial charge in [0, 0.05) is 11.4 Å². The monoisotopic (exact) mass is 257 g/mol. The second-order valence-electron chi connectivity index (χ2n) is 4.86. The summed E-state index contributed by atoms with van der Waals surface area (Å²) in [5, 5.41) is 9.23. The number of benzene rings is 1. The number of carboxylic acids is 1. The molecular formula is C16H19NO2. The predicted molar refractivity (Wildman–Crippen MR) is 76.3 cm³/mol. The van der Waals surface area contributed by atoms with Crippen molar-refractivity contribution in [3.63, 3.8) is 0 Å². The second-order valence-corrected chi connectivity index (χ2v) is 4.86. The maximum atomic E-state index is 11.2. The third-order valence-corrected chi connectivity index (χ3v) is 3.59. The van der Waals surface area contributed by atoms with Gasteiger partial charge < -0.3 is 9.67 Å². The van der Waals surface area contributed by atoms with Crippen molar-refractivity contribution in [3.05, 3.63) is 52.3 Å². The highest BCUT2D eigenvalue weighted by molar-refractivity contribution is 5.89. The van der Waals surface area contributed by atoms with Crippen LogP contribution in [0, 0.1) is 20.8 Å². The fourth-order valence-corrected chi connectivity index (χ4v) is 2.65. The first-order valence-electron chi connectivity index (χ1n) is 6.48. The van der Waals surface area contributed by atoms with Crippen molar-refractivity contribution in [3.8, 4) is 5.69 Å². The summed E-state index contributed by atoms with van der Waals surface area (Å²) >= 11 is 0. The van der Waals surface area contributed by atoms with Crippen molar-refractivity contribution in [1.82, 2.24) is 4.57 Å². The molecule has 0 radical (unpaired) electrons. The number of aromatic carboxylic acids is 1. The van der Waals surface area contributed by atoms with Crippen LogP contribution in [0.2, 0.25) is 0 Å². The van der Waals surface area contributed by atoms with Crippen molar-refractivity contribution in [2.45, 2.75) is 34.1 Å². The van der Waals surface area contributed by atoms with E-state index in [-0.39, 0.29) is 0 Å². The molecule has 1 aromatic heterocycles. The summed E-state index contributed by atoms with van der Waals surface area (Å²) in [5.41, 5.74) is 5.64. The minimum Gasteiger partial charge on any atom is -0.478 e. The standard InChI is InChI=1S/C16H19NO2/c1-5-13-8-6-7-10(2)15(13)17-11(3)9-14(12(17)4)16(18)19/h6-9H,5H2,1-4H3,(H,18,19). The summed E-state index contributed by atoms with van der Waals surface area (Å²) in [6.45, 7) is 7.99. The Morgan fingerprint density at radius 2 is 1.95 bits per heavy atom. The first kappa shape index (κ1) is 13.4. The molecule has 0 fully saturated rings. The lowest BCUT2D eigenvalue weighted by Crippen LogP contribution is -2.07. The SMILES string of the molecule is CCc1cccc(C)c1-n1c(C)cc(C(=O)O)c1C. The van der Waals surface area contributed by atoms with Crippen LogP contribution in [0.5, 0.6) is 0 Å². The average Bonchev–Trinajstić information content (AvgIpc) is 2.65. The van der Waals surface area contributed by atoms with Gasteiger partial charge in [0.25, 0.3) is 0 Å². The maximum absolute atomic E-state index is 11.2. The number of para-hydroxylation sites is 1. The third-order valence-electron chi connectivity index (χ3n) is 3.59. The average molecular weight is 257 g/mol. The van der Waals surface area contributed by atoms with Gasteiger partial charge in [-0.15, -0.1) is 0 Å². The Labute approximate surface area is 113 Å². The van der Waals surface area contributed by atoms with Crippen LogP contribution in [0.3, 0.4) is 0 Å². The Kier molecular flexibility index (Phi) is 3.47. The molecule has 3 heteroatoms. The normalized spacial score (nSPS) is 10.7. The fourth-order valence-electron chi connectivity index (χ4n) is 2.65. The molecule has 1 aromatic carbocycles. The van der Waals surface area contributed by atoms with Gasteiger partial charge in [0.05, 0.1) is 11.3 Å². The van der Waals surface area contributed by atoms with Gasteiger partial charge in [0.1, 0.15) is 0 Å². The molecule has 0 saturated carbocycles. The molecule has 0 aliphatic heterocycles. The molecule has 2 rings (SSSR count).